The molecule has 16 heavy (non-hydrogen) atoms. The summed E-state index contributed by atoms with van der Waals surface area (Å²) in [5.41, 5.74) is 0. The average molecular weight is 239 g/mol. The first-order valence-electron chi connectivity index (χ1n) is 5.25. The van der Waals surface area contributed by atoms with Gasteiger partial charge in [-0.05, 0) is 26.3 Å². The summed E-state index contributed by atoms with van der Waals surface area (Å²) in [6, 6.07) is -0.602. The van der Waals surface area contributed by atoms with Crippen LogP contribution in [-0.4, -0.2) is 43.3 Å². The Hall–Kier alpha value is -0.780. The smallest absolute Gasteiger partial charge is 0.393 e. The minimum absolute atomic E-state index is 0.111. The van der Waals surface area contributed by atoms with Crippen molar-refractivity contribution in [3.8, 4) is 0 Å². The third kappa shape index (κ3) is 3.10. The number of methoxy groups -OCH3 is 1. The largest absolute Gasteiger partial charge is 0.468 e. The lowest BCUT2D eigenvalue weighted by Crippen LogP contribution is -2.48. The molecule has 2 atom stereocenters. The van der Waals surface area contributed by atoms with Gasteiger partial charge in [0.1, 0.15) is 6.04 Å². The van der Waals surface area contributed by atoms with Crippen LogP contribution in [0.5, 0.6) is 0 Å². The first-order valence-corrected chi connectivity index (χ1v) is 5.25. The minimum Gasteiger partial charge on any atom is -0.468 e. The first-order chi connectivity index (χ1) is 7.36. The lowest BCUT2D eigenvalue weighted by Gasteiger charge is -2.36. The van der Waals surface area contributed by atoms with Crippen LogP contribution in [0.4, 0.5) is 13.2 Å². The quantitative estimate of drug-likeness (QED) is 0.688. The maximum atomic E-state index is 12.5. The number of rotatable bonds is 2. The van der Waals surface area contributed by atoms with Crippen molar-refractivity contribution in [2.75, 3.05) is 20.2 Å². The Labute approximate surface area is 92.5 Å². The van der Waals surface area contributed by atoms with Crippen LogP contribution in [0.3, 0.4) is 0 Å². The van der Waals surface area contributed by atoms with E-state index in [-0.39, 0.29) is 13.0 Å². The average Bonchev–Trinajstić information content (AvgIpc) is 2.26. The van der Waals surface area contributed by atoms with Gasteiger partial charge in [0.05, 0.1) is 13.0 Å². The van der Waals surface area contributed by atoms with E-state index in [4.69, 9.17) is 0 Å². The summed E-state index contributed by atoms with van der Waals surface area (Å²) in [5.74, 6) is -1.81. The highest BCUT2D eigenvalue weighted by molar-refractivity contribution is 5.75. The monoisotopic (exact) mass is 239 g/mol. The van der Waals surface area contributed by atoms with Crippen LogP contribution in [0, 0.1) is 5.92 Å². The van der Waals surface area contributed by atoms with Gasteiger partial charge in [-0.2, -0.15) is 13.2 Å². The van der Waals surface area contributed by atoms with E-state index < -0.39 is 24.1 Å². The van der Waals surface area contributed by atoms with Crippen LogP contribution < -0.4 is 0 Å². The molecule has 1 fully saturated rings. The van der Waals surface area contributed by atoms with E-state index >= 15 is 0 Å². The van der Waals surface area contributed by atoms with Gasteiger partial charge in [0.2, 0.25) is 0 Å². The number of nitrogens with zero attached hydrogens (tertiary/aromatic N) is 1. The van der Waals surface area contributed by atoms with E-state index in [9.17, 15) is 18.0 Å². The molecule has 0 amide bonds. The van der Waals surface area contributed by atoms with Gasteiger partial charge < -0.3 is 4.74 Å². The van der Waals surface area contributed by atoms with E-state index in [2.05, 4.69) is 4.74 Å². The van der Waals surface area contributed by atoms with Gasteiger partial charge in [0.15, 0.2) is 0 Å². The van der Waals surface area contributed by atoms with Crippen molar-refractivity contribution >= 4 is 5.97 Å². The molecule has 1 aliphatic rings. The molecular formula is C10H16F3NO2. The lowest BCUT2D eigenvalue weighted by molar-refractivity contribution is -0.190. The normalized spacial score (nSPS) is 25.2. The van der Waals surface area contributed by atoms with E-state index in [0.29, 0.717) is 13.0 Å². The number of esters is 1. The van der Waals surface area contributed by atoms with Gasteiger partial charge >= 0.3 is 12.1 Å². The standard InChI is InChI=1S/C10H16F3NO2/c1-7(9(15)16-2)14-5-3-4-8(6-14)10(11,12)13/h7-8H,3-6H2,1-2H3. The molecule has 0 spiro atoms. The predicted octanol–water partition coefficient (Wildman–Crippen LogP) is 1.82. The Kier molecular flexibility index (Phi) is 4.18. The Morgan fingerprint density at radius 2 is 2.12 bits per heavy atom. The van der Waals surface area contributed by atoms with Crippen molar-refractivity contribution in [2.45, 2.75) is 32.0 Å². The molecule has 0 N–H and O–H groups in total. The van der Waals surface area contributed by atoms with Crippen LogP contribution >= 0.6 is 0 Å². The second-order valence-electron chi connectivity index (χ2n) is 4.07. The highest BCUT2D eigenvalue weighted by atomic mass is 19.4. The highest BCUT2D eigenvalue weighted by Gasteiger charge is 2.43. The van der Waals surface area contributed by atoms with Gasteiger partial charge in [-0.1, -0.05) is 0 Å². The van der Waals surface area contributed by atoms with Gasteiger partial charge in [0.25, 0.3) is 0 Å². The zero-order valence-electron chi connectivity index (χ0n) is 9.38. The number of carbonyl (C=O) groups excluding carboxylic acids is 1. The third-order valence-corrected chi connectivity index (χ3v) is 3.01. The number of carbonyl (C=O) groups is 1. The maximum absolute atomic E-state index is 12.5. The Morgan fingerprint density at radius 3 is 2.62 bits per heavy atom. The predicted molar refractivity (Wildman–Crippen MR) is 51.8 cm³/mol. The molecule has 0 radical (unpaired) electrons. The number of hydrogen-bond acceptors (Lipinski definition) is 3. The molecule has 0 aromatic carbocycles. The van der Waals surface area contributed by atoms with Crippen molar-refractivity contribution in [1.29, 1.82) is 0 Å². The molecule has 0 aromatic heterocycles. The second-order valence-corrected chi connectivity index (χ2v) is 4.07. The summed E-state index contributed by atoms with van der Waals surface area (Å²) < 4.78 is 42.1. The molecule has 2 unspecified atom stereocenters. The molecule has 1 saturated heterocycles. The molecule has 0 aliphatic carbocycles. The molecule has 1 heterocycles. The molecule has 0 aromatic rings. The van der Waals surface area contributed by atoms with E-state index in [0.717, 1.165) is 0 Å². The minimum atomic E-state index is -4.17. The van der Waals surface area contributed by atoms with Gasteiger partial charge in [-0.25, -0.2) is 0 Å². The number of hydrogen-bond donors (Lipinski definition) is 0. The number of halogens is 3. The van der Waals surface area contributed by atoms with Crippen molar-refractivity contribution < 1.29 is 22.7 Å². The zero-order valence-corrected chi connectivity index (χ0v) is 9.38. The van der Waals surface area contributed by atoms with Crippen LogP contribution in [0.15, 0.2) is 0 Å². The Bertz CT molecular complexity index is 255. The third-order valence-electron chi connectivity index (χ3n) is 3.01. The molecule has 3 nitrogen and oxygen atoms in total. The van der Waals surface area contributed by atoms with Crippen LogP contribution in [0.2, 0.25) is 0 Å². The molecule has 1 aliphatic heterocycles. The summed E-state index contributed by atoms with van der Waals surface area (Å²) in [5, 5.41) is 0. The fourth-order valence-corrected chi connectivity index (χ4v) is 1.94. The van der Waals surface area contributed by atoms with E-state index in [1.807, 2.05) is 0 Å². The number of alkyl halides is 3. The summed E-state index contributed by atoms with van der Waals surface area (Å²) in [7, 11) is 1.24. The van der Waals surface area contributed by atoms with Crippen LogP contribution in [0.25, 0.3) is 0 Å². The summed E-state index contributed by atoms with van der Waals surface area (Å²) in [6.07, 6.45) is -3.56. The van der Waals surface area contributed by atoms with Crippen molar-refractivity contribution in [1.82, 2.24) is 4.90 Å². The van der Waals surface area contributed by atoms with Crippen LogP contribution in [-0.2, 0) is 9.53 Å². The lowest BCUT2D eigenvalue weighted by atomic mass is 9.96. The Balaban J connectivity index is 2.60. The molecule has 0 saturated carbocycles. The fraction of sp³-hybridized carbons (Fsp3) is 0.900. The maximum Gasteiger partial charge on any atom is 0.393 e. The van der Waals surface area contributed by atoms with Gasteiger partial charge in [-0.15, -0.1) is 0 Å². The van der Waals surface area contributed by atoms with Crippen molar-refractivity contribution in [3.63, 3.8) is 0 Å². The van der Waals surface area contributed by atoms with E-state index in [1.54, 1.807) is 6.92 Å². The topological polar surface area (TPSA) is 29.5 Å². The Morgan fingerprint density at radius 1 is 1.50 bits per heavy atom. The zero-order chi connectivity index (χ0) is 12.3. The van der Waals surface area contributed by atoms with Gasteiger partial charge in [-0.3, -0.25) is 9.69 Å². The van der Waals surface area contributed by atoms with E-state index in [1.165, 1.54) is 12.0 Å². The molecule has 94 valence electrons. The molecule has 1 rings (SSSR count). The summed E-state index contributed by atoms with van der Waals surface area (Å²) >= 11 is 0. The second kappa shape index (κ2) is 5.03. The summed E-state index contributed by atoms with van der Waals surface area (Å²) in [6.45, 7) is 1.98. The van der Waals surface area contributed by atoms with Crippen molar-refractivity contribution in [2.24, 2.45) is 5.92 Å². The fourth-order valence-electron chi connectivity index (χ4n) is 1.94. The number of ether oxygens (including phenoxy) is 1. The molecule has 6 heteroatoms. The SMILES string of the molecule is COC(=O)C(C)N1CCCC(C(F)(F)F)C1. The van der Waals surface area contributed by atoms with Crippen LogP contribution in [0.1, 0.15) is 19.8 Å². The number of piperidine rings is 1. The van der Waals surface area contributed by atoms with Gasteiger partial charge in [0, 0.05) is 6.54 Å². The first kappa shape index (κ1) is 13.3. The molecule has 0 bridgehead atoms. The highest BCUT2D eigenvalue weighted by Crippen LogP contribution is 2.33. The number of likely N-dealkylation sites (tertiary alicyclic amines) is 1. The van der Waals surface area contributed by atoms with Crippen molar-refractivity contribution in [3.05, 3.63) is 0 Å². The molecular weight excluding hydrogens is 223 g/mol. The summed E-state index contributed by atoms with van der Waals surface area (Å²) in [4.78, 5) is 12.8.